The smallest absolute Gasteiger partial charge is 0.159 e. The quantitative estimate of drug-likeness (QED) is 0.629. The Balaban J connectivity index is 1.76. The fraction of sp³-hybridized carbons (Fsp3) is 0.375. The van der Waals surface area contributed by atoms with Gasteiger partial charge in [-0.2, -0.15) is 0 Å². The van der Waals surface area contributed by atoms with Crippen LogP contribution in [0.15, 0.2) is 24.3 Å². The number of rotatable bonds is 3. The molecule has 1 unspecified atom stereocenters. The van der Waals surface area contributed by atoms with Gasteiger partial charge in [-0.15, -0.1) is 11.3 Å². The van der Waals surface area contributed by atoms with Crippen molar-refractivity contribution in [3.05, 3.63) is 56.8 Å². The summed E-state index contributed by atoms with van der Waals surface area (Å²) in [6.07, 6.45) is 5.60. The van der Waals surface area contributed by atoms with Gasteiger partial charge in [0.05, 0.1) is 4.83 Å². The van der Waals surface area contributed by atoms with Gasteiger partial charge in [-0.25, -0.2) is 8.78 Å². The molecule has 0 amide bonds. The predicted molar refractivity (Wildman–Crippen MR) is 82.7 cm³/mol. The molecule has 0 nitrogen and oxygen atoms in total. The zero-order valence-electron chi connectivity index (χ0n) is 11.0. The summed E-state index contributed by atoms with van der Waals surface area (Å²) < 4.78 is 26.2. The Hall–Kier alpha value is -0.740. The van der Waals surface area contributed by atoms with E-state index < -0.39 is 11.6 Å². The van der Waals surface area contributed by atoms with Crippen LogP contribution in [0.25, 0.3) is 0 Å². The van der Waals surface area contributed by atoms with E-state index >= 15 is 0 Å². The molecular weight excluding hydrogens is 342 g/mol. The van der Waals surface area contributed by atoms with Crippen molar-refractivity contribution in [3.8, 4) is 0 Å². The molecule has 0 aliphatic heterocycles. The molecule has 4 heteroatoms. The molecule has 1 aromatic heterocycles. The van der Waals surface area contributed by atoms with Crippen molar-refractivity contribution < 1.29 is 8.78 Å². The van der Waals surface area contributed by atoms with E-state index in [0.29, 0.717) is 6.42 Å². The van der Waals surface area contributed by atoms with Crippen LogP contribution >= 0.6 is 27.3 Å². The summed E-state index contributed by atoms with van der Waals surface area (Å²) in [4.78, 5) is 2.96. The van der Waals surface area contributed by atoms with Gasteiger partial charge in [0, 0.05) is 9.75 Å². The van der Waals surface area contributed by atoms with Crippen LogP contribution in [-0.2, 0) is 19.3 Å². The average molecular weight is 357 g/mol. The summed E-state index contributed by atoms with van der Waals surface area (Å²) in [5.41, 5.74) is 2.29. The lowest BCUT2D eigenvalue weighted by Gasteiger charge is -2.08. The van der Waals surface area contributed by atoms with E-state index in [1.54, 1.807) is 6.07 Å². The van der Waals surface area contributed by atoms with Gasteiger partial charge in [-0.3, -0.25) is 0 Å². The third-order valence-electron chi connectivity index (χ3n) is 3.72. The number of thiophene rings is 1. The number of aryl methyl sites for hydroxylation is 2. The van der Waals surface area contributed by atoms with E-state index in [4.69, 9.17) is 0 Å². The van der Waals surface area contributed by atoms with E-state index in [2.05, 4.69) is 22.0 Å². The Morgan fingerprint density at radius 2 is 1.90 bits per heavy atom. The molecule has 1 aliphatic carbocycles. The van der Waals surface area contributed by atoms with Crippen LogP contribution in [0.3, 0.4) is 0 Å². The molecule has 0 saturated carbocycles. The average Bonchev–Trinajstić information content (AvgIpc) is 2.87. The van der Waals surface area contributed by atoms with Crippen molar-refractivity contribution in [2.45, 2.75) is 36.9 Å². The highest BCUT2D eigenvalue weighted by atomic mass is 79.9. The summed E-state index contributed by atoms with van der Waals surface area (Å²) in [6.45, 7) is 0. The molecule has 1 atom stereocenters. The molecule has 0 bridgehead atoms. The lowest BCUT2D eigenvalue weighted by atomic mass is 9.99. The number of alkyl halides is 1. The van der Waals surface area contributed by atoms with Crippen molar-refractivity contribution >= 4 is 27.3 Å². The zero-order chi connectivity index (χ0) is 14.1. The van der Waals surface area contributed by atoms with Gasteiger partial charge in [0.15, 0.2) is 11.6 Å². The van der Waals surface area contributed by atoms with Crippen molar-refractivity contribution in [1.82, 2.24) is 0 Å². The molecule has 3 rings (SSSR count). The van der Waals surface area contributed by atoms with Crippen LogP contribution in [0.5, 0.6) is 0 Å². The normalized spacial score (nSPS) is 15.9. The SMILES string of the molecule is Fc1ccc(CC(Br)c2cc3c(s2)CCCC3)cc1F. The minimum atomic E-state index is -0.786. The van der Waals surface area contributed by atoms with Crippen LogP contribution in [0.1, 0.15) is 38.6 Å². The number of hydrogen-bond donors (Lipinski definition) is 0. The van der Waals surface area contributed by atoms with E-state index in [1.807, 2.05) is 11.3 Å². The molecule has 20 heavy (non-hydrogen) atoms. The molecule has 2 aromatic rings. The van der Waals surface area contributed by atoms with Crippen molar-refractivity contribution in [1.29, 1.82) is 0 Å². The first-order chi connectivity index (χ1) is 9.63. The first-order valence-electron chi connectivity index (χ1n) is 6.83. The van der Waals surface area contributed by atoms with E-state index in [9.17, 15) is 8.78 Å². The van der Waals surface area contributed by atoms with Crippen LogP contribution < -0.4 is 0 Å². The molecule has 0 saturated heterocycles. The third kappa shape index (κ3) is 2.96. The summed E-state index contributed by atoms with van der Waals surface area (Å²) >= 11 is 5.54. The molecule has 1 aliphatic rings. The number of fused-ring (bicyclic) bond motifs is 1. The Morgan fingerprint density at radius 3 is 2.65 bits per heavy atom. The standard InChI is InChI=1S/C16H15BrF2S/c17-12(7-10-5-6-13(18)14(19)8-10)16-9-11-3-1-2-4-15(11)20-16/h5-6,8-9,12H,1-4,7H2. The predicted octanol–water partition coefficient (Wildman–Crippen LogP) is 5.58. The van der Waals surface area contributed by atoms with Gasteiger partial charge in [0.2, 0.25) is 0 Å². The van der Waals surface area contributed by atoms with Gasteiger partial charge in [-0.1, -0.05) is 22.0 Å². The molecular formula is C16H15BrF2S. The van der Waals surface area contributed by atoms with Crippen LogP contribution in [-0.4, -0.2) is 0 Å². The highest BCUT2D eigenvalue weighted by Crippen LogP contribution is 2.37. The second-order valence-electron chi connectivity index (χ2n) is 5.22. The Bertz CT molecular complexity index is 597. The first kappa shape index (κ1) is 14.2. The molecule has 106 valence electrons. The first-order valence-corrected chi connectivity index (χ1v) is 8.56. The van der Waals surface area contributed by atoms with E-state index in [0.717, 1.165) is 5.56 Å². The molecule has 0 spiro atoms. The topological polar surface area (TPSA) is 0 Å². The Morgan fingerprint density at radius 1 is 1.10 bits per heavy atom. The van der Waals surface area contributed by atoms with Crippen LogP contribution in [0.4, 0.5) is 8.78 Å². The Labute approximate surface area is 130 Å². The molecule has 0 fully saturated rings. The minimum Gasteiger partial charge on any atom is -0.204 e. The lowest BCUT2D eigenvalue weighted by Crippen LogP contribution is -1.97. The van der Waals surface area contributed by atoms with Crippen molar-refractivity contribution in [2.75, 3.05) is 0 Å². The maximum absolute atomic E-state index is 13.2. The summed E-state index contributed by atoms with van der Waals surface area (Å²) in [5.74, 6) is -1.56. The number of hydrogen-bond acceptors (Lipinski definition) is 1. The highest BCUT2D eigenvalue weighted by Gasteiger charge is 2.18. The zero-order valence-corrected chi connectivity index (χ0v) is 13.4. The van der Waals surface area contributed by atoms with E-state index in [1.165, 1.54) is 53.1 Å². The van der Waals surface area contributed by atoms with Gasteiger partial charge in [0.25, 0.3) is 0 Å². The van der Waals surface area contributed by atoms with Crippen molar-refractivity contribution in [2.24, 2.45) is 0 Å². The summed E-state index contributed by atoms with van der Waals surface area (Å²) in [5, 5.41) is 0. The molecule has 0 N–H and O–H groups in total. The lowest BCUT2D eigenvalue weighted by molar-refractivity contribution is 0.507. The number of halogens is 3. The minimum absolute atomic E-state index is 0.169. The monoisotopic (exact) mass is 356 g/mol. The van der Waals surface area contributed by atoms with Crippen LogP contribution in [0.2, 0.25) is 0 Å². The third-order valence-corrected chi connectivity index (χ3v) is 6.19. The van der Waals surface area contributed by atoms with E-state index in [-0.39, 0.29) is 4.83 Å². The highest BCUT2D eigenvalue weighted by molar-refractivity contribution is 9.09. The van der Waals surface area contributed by atoms with Gasteiger partial charge in [-0.05, 0) is 61.4 Å². The summed E-state index contributed by atoms with van der Waals surface area (Å²) in [6, 6.07) is 6.42. The van der Waals surface area contributed by atoms with Crippen LogP contribution in [0, 0.1) is 11.6 Å². The van der Waals surface area contributed by atoms with Gasteiger partial charge >= 0.3 is 0 Å². The largest absolute Gasteiger partial charge is 0.204 e. The Kier molecular flexibility index (Phi) is 4.22. The molecule has 0 radical (unpaired) electrons. The molecule has 1 heterocycles. The second-order valence-corrected chi connectivity index (χ2v) is 7.50. The maximum atomic E-state index is 13.2. The molecule has 1 aromatic carbocycles. The number of benzene rings is 1. The van der Waals surface area contributed by atoms with Gasteiger partial charge in [0.1, 0.15) is 0 Å². The van der Waals surface area contributed by atoms with Crippen molar-refractivity contribution in [3.63, 3.8) is 0 Å². The fourth-order valence-electron chi connectivity index (χ4n) is 2.64. The summed E-state index contributed by atoms with van der Waals surface area (Å²) in [7, 11) is 0. The fourth-order valence-corrected chi connectivity index (χ4v) is 4.66. The maximum Gasteiger partial charge on any atom is 0.159 e. The van der Waals surface area contributed by atoms with Gasteiger partial charge < -0.3 is 0 Å². The second kappa shape index (κ2) is 5.94.